The van der Waals surface area contributed by atoms with Crippen molar-refractivity contribution in [3.05, 3.63) is 53.1 Å². The van der Waals surface area contributed by atoms with Gasteiger partial charge in [0.25, 0.3) is 5.91 Å². The Hall–Kier alpha value is -2.04. The van der Waals surface area contributed by atoms with E-state index in [2.05, 4.69) is 10.4 Å². The van der Waals surface area contributed by atoms with E-state index in [4.69, 9.17) is 0 Å². The Kier molecular flexibility index (Phi) is 11.2. The first-order valence-corrected chi connectivity index (χ1v) is 10.0. The molecule has 0 aliphatic carbocycles. The third kappa shape index (κ3) is 7.53. The Bertz CT molecular complexity index is 944. The number of aromatic nitrogens is 2. The van der Waals surface area contributed by atoms with Crippen LogP contribution in [-0.2, 0) is 4.79 Å². The molecule has 0 aliphatic heterocycles. The van der Waals surface area contributed by atoms with Crippen LogP contribution in [0.3, 0.4) is 0 Å². The summed E-state index contributed by atoms with van der Waals surface area (Å²) in [6, 6.07) is 5.59. The average molecular weight is 455 g/mol. The number of halogens is 1. The Balaban J connectivity index is 0.00000512. The standard InChI is InChI=1S/C22H28FN3O5.Na/c1-4-24-22(31)21-20(13(2)3)18(10-9-16(27)11-17(28)12-19(29)30)26(25-21)15-7-5-14(23)6-8-15;/h5-10,13,16-17,27-28H,4,11-12H2,1-3H3,(H,24,31)(H,29,30);/q;+1/p-1/b10-9+;/t16-,17-;/m1./s1. The maximum absolute atomic E-state index is 13.4. The molecule has 0 saturated heterocycles. The largest absolute Gasteiger partial charge is 1.00 e. The Labute approximate surface area is 208 Å². The minimum Gasteiger partial charge on any atom is -0.550 e. The van der Waals surface area contributed by atoms with Crippen LogP contribution >= 0.6 is 0 Å². The Morgan fingerprint density at radius 2 is 1.88 bits per heavy atom. The van der Waals surface area contributed by atoms with Gasteiger partial charge in [-0.1, -0.05) is 19.9 Å². The molecule has 168 valence electrons. The van der Waals surface area contributed by atoms with Crippen molar-refractivity contribution in [1.29, 1.82) is 0 Å². The van der Waals surface area contributed by atoms with E-state index in [-0.39, 0.29) is 53.5 Å². The van der Waals surface area contributed by atoms with E-state index in [1.807, 2.05) is 13.8 Å². The second-order valence-electron chi connectivity index (χ2n) is 7.44. The van der Waals surface area contributed by atoms with Gasteiger partial charge in [0.1, 0.15) is 5.82 Å². The summed E-state index contributed by atoms with van der Waals surface area (Å²) in [5.41, 5.74) is 1.88. The maximum atomic E-state index is 13.4. The summed E-state index contributed by atoms with van der Waals surface area (Å²) in [5, 5.41) is 37.7. The number of carbonyl (C=O) groups excluding carboxylic acids is 2. The SMILES string of the molecule is CCNC(=O)c1nn(-c2ccc(F)cc2)c(/C=C/[C@@H](O)C[C@@H](O)CC(=O)[O-])c1C(C)C.[Na+]. The number of hydrogen-bond acceptors (Lipinski definition) is 6. The topological polar surface area (TPSA) is 128 Å². The van der Waals surface area contributed by atoms with Gasteiger partial charge in [-0.2, -0.15) is 5.10 Å². The van der Waals surface area contributed by atoms with E-state index in [9.17, 15) is 29.3 Å². The van der Waals surface area contributed by atoms with Crippen molar-refractivity contribution in [2.45, 2.75) is 51.7 Å². The van der Waals surface area contributed by atoms with Gasteiger partial charge in [-0.25, -0.2) is 9.07 Å². The number of carbonyl (C=O) groups is 2. The van der Waals surface area contributed by atoms with Gasteiger partial charge in [0, 0.05) is 30.9 Å². The summed E-state index contributed by atoms with van der Waals surface area (Å²) < 4.78 is 14.9. The van der Waals surface area contributed by atoms with Crippen LogP contribution in [-0.4, -0.2) is 50.6 Å². The minimum absolute atomic E-state index is 0. The molecular weight excluding hydrogens is 428 g/mol. The molecule has 0 bridgehead atoms. The van der Waals surface area contributed by atoms with Crippen molar-refractivity contribution in [3.63, 3.8) is 0 Å². The fourth-order valence-electron chi connectivity index (χ4n) is 3.20. The van der Waals surface area contributed by atoms with Gasteiger partial charge in [0.15, 0.2) is 5.69 Å². The predicted molar refractivity (Wildman–Crippen MR) is 111 cm³/mol. The number of nitrogens with zero attached hydrogens (tertiary/aromatic N) is 2. The molecule has 0 fully saturated rings. The van der Waals surface area contributed by atoms with Gasteiger partial charge in [-0.3, -0.25) is 4.79 Å². The first-order chi connectivity index (χ1) is 14.6. The molecule has 1 aromatic carbocycles. The number of carboxylic acids is 1. The van der Waals surface area contributed by atoms with Crippen molar-refractivity contribution in [2.24, 2.45) is 0 Å². The molecule has 3 N–H and O–H groups in total. The van der Waals surface area contributed by atoms with E-state index in [0.717, 1.165) is 0 Å². The van der Waals surface area contributed by atoms with Crippen LogP contribution in [0, 0.1) is 5.82 Å². The number of amides is 1. The summed E-state index contributed by atoms with van der Waals surface area (Å²) in [5.74, 6) is -2.29. The van der Waals surface area contributed by atoms with Crippen LogP contribution in [0.15, 0.2) is 30.3 Å². The molecule has 8 nitrogen and oxygen atoms in total. The molecule has 0 saturated carbocycles. The van der Waals surface area contributed by atoms with E-state index < -0.39 is 30.4 Å². The number of aliphatic carboxylic acids is 1. The van der Waals surface area contributed by atoms with E-state index in [1.54, 1.807) is 13.0 Å². The smallest absolute Gasteiger partial charge is 0.550 e. The summed E-state index contributed by atoms with van der Waals surface area (Å²) in [6.45, 7) is 6.00. The number of hydrogen-bond donors (Lipinski definition) is 3. The number of aliphatic hydroxyl groups excluding tert-OH is 2. The molecule has 0 unspecified atom stereocenters. The van der Waals surface area contributed by atoms with Crippen molar-refractivity contribution in [2.75, 3.05) is 6.54 Å². The molecule has 1 heterocycles. The first-order valence-electron chi connectivity index (χ1n) is 10.0. The monoisotopic (exact) mass is 455 g/mol. The molecule has 1 aromatic heterocycles. The van der Waals surface area contributed by atoms with Gasteiger partial charge in [0.05, 0.1) is 23.6 Å². The van der Waals surface area contributed by atoms with Gasteiger partial charge < -0.3 is 25.4 Å². The van der Waals surface area contributed by atoms with Gasteiger partial charge in [-0.15, -0.1) is 0 Å². The van der Waals surface area contributed by atoms with Crippen molar-refractivity contribution >= 4 is 18.0 Å². The van der Waals surface area contributed by atoms with Crippen molar-refractivity contribution in [1.82, 2.24) is 15.1 Å². The first kappa shape index (κ1) is 28.0. The third-order valence-electron chi connectivity index (χ3n) is 4.55. The van der Waals surface area contributed by atoms with Gasteiger partial charge >= 0.3 is 29.6 Å². The zero-order valence-corrected chi connectivity index (χ0v) is 20.7. The number of aliphatic hydroxyl groups is 2. The molecule has 0 aliphatic rings. The van der Waals surface area contributed by atoms with Crippen molar-refractivity contribution < 1.29 is 58.9 Å². The molecule has 32 heavy (non-hydrogen) atoms. The quantitative estimate of drug-likeness (QED) is 0.361. The van der Waals surface area contributed by atoms with E-state index in [1.165, 1.54) is 35.0 Å². The zero-order chi connectivity index (χ0) is 23.1. The second-order valence-corrected chi connectivity index (χ2v) is 7.44. The molecule has 0 radical (unpaired) electrons. The Morgan fingerprint density at radius 3 is 2.41 bits per heavy atom. The molecule has 2 atom stereocenters. The molecule has 0 spiro atoms. The summed E-state index contributed by atoms with van der Waals surface area (Å²) in [4.78, 5) is 23.2. The molecule has 1 amide bonds. The number of benzene rings is 1. The predicted octanol–water partition coefficient (Wildman–Crippen LogP) is -1.85. The molecule has 2 aromatic rings. The molecule has 10 heteroatoms. The van der Waals surface area contributed by atoms with Crippen molar-refractivity contribution in [3.8, 4) is 5.69 Å². The van der Waals surface area contributed by atoms with Crippen LogP contribution in [0.4, 0.5) is 4.39 Å². The molecular formula is C22H27FN3NaO5. The van der Waals surface area contributed by atoms with Gasteiger partial charge in [-0.05, 0) is 43.2 Å². The number of nitrogens with one attached hydrogen (secondary N) is 1. The molecule has 2 rings (SSSR count). The number of carboxylic acid groups (broad SMARTS) is 1. The van der Waals surface area contributed by atoms with Gasteiger partial charge in [0.2, 0.25) is 0 Å². The fourth-order valence-corrected chi connectivity index (χ4v) is 3.20. The van der Waals surface area contributed by atoms with Crippen LogP contribution in [0.5, 0.6) is 0 Å². The van der Waals surface area contributed by atoms with Crippen LogP contribution < -0.4 is 40.0 Å². The minimum atomic E-state index is -1.41. The summed E-state index contributed by atoms with van der Waals surface area (Å²) in [6.07, 6.45) is -0.235. The Morgan fingerprint density at radius 1 is 1.25 bits per heavy atom. The van der Waals surface area contributed by atoms with Crippen LogP contribution in [0.25, 0.3) is 11.8 Å². The summed E-state index contributed by atoms with van der Waals surface area (Å²) in [7, 11) is 0. The van der Waals surface area contributed by atoms with Crippen LogP contribution in [0.1, 0.15) is 61.3 Å². The third-order valence-corrected chi connectivity index (χ3v) is 4.55. The number of rotatable bonds is 10. The average Bonchev–Trinajstić information content (AvgIpc) is 3.06. The second kappa shape index (κ2) is 12.9. The maximum Gasteiger partial charge on any atom is 1.00 e. The van der Waals surface area contributed by atoms with E-state index >= 15 is 0 Å². The summed E-state index contributed by atoms with van der Waals surface area (Å²) >= 11 is 0. The van der Waals surface area contributed by atoms with E-state index in [0.29, 0.717) is 23.5 Å². The van der Waals surface area contributed by atoms with Crippen LogP contribution in [0.2, 0.25) is 0 Å². The zero-order valence-electron chi connectivity index (χ0n) is 18.7. The fraction of sp³-hybridized carbons (Fsp3) is 0.409. The normalized spacial score (nSPS) is 13.1.